The summed E-state index contributed by atoms with van der Waals surface area (Å²) in [6, 6.07) is 12.9. The van der Waals surface area contributed by atoms with Gasteiger partial charge in [0, 0.05) is 19.7 Å². The number of nitrogens with zero attached hydrogens (tertiary/aromatic N) is 4. The van der Waals surface area contributed by atoms with Gasteiger partial charge in [-0.1, -0.05) is 42.5 Å². The number of aromatic amines is 1. The Labute approximate surface area is 167 Å². The molecule has 1 atom stereocenters. The highest BCUT2D eigenvalue weighted by molar-refractivity contribution is 7.80. The highest BCUT2D eigenvalue weighted by Crippen LogP contribution is 2.27. The first kappa shape index (κ1) is 18.1. The molecule has 1 aromatic carbocycles. The van der Waals surface area contributed by atoms with Gasteiger partial charge in [0.2, 0.25) is 5.82 Å². The van der Waals surface area contributed by atoms with Gasteiger partial charge in [-0.15, -0.1) is 5.10 Å². The normalized spacial score (nSPS) is 16.1. The number of thiocarbonyl (C=S) groups is 1. The number of amides is 1. The number of likely N-dealkylation sites (N-methyl/N-ethyl adjacent to an activating group) is 1. The molecule has 3 aromatic rings. The van der Waals surface area contributed by atoms with E-state index >= 15 is 0 Å². The zero-order valence-electron chi connectivity index (χ0n) is 15.1. The standard InChI is InChI=1S/C19H18N6O2S/c1-25-17-14(8-5-9-20-17)27-11-13(19(25)28)21-18(26)16-22-15(23-24-16)10-12-6-3-2-4-7-12/h2-9,13H,10-11H2,1H3,(H,21,26)(H,22,23,24)/t13-/m1/s1. The number of aromatic nitrogens is 4. The van der Waals surface area contributed by atoms with Crippen LogP contribution in [0.1, 0.15) is 22.0 Å². The Morgan fingerprint density at radius 1 is 1.32 bits per heavy atom. The van der Waals surface area contributed by atoms with E-state index in [2.05, 4.69) is 25.5 Å². The zero-order chi connectivity index (χ0) is 19.5. The average molecular weight is 394 g/mol. The molecule has 0 bridgehead atoms. The van der Waals surface area contributed by atoms with Gasteiger partial charge in [0.05, 0.1) is 0 Å². The maximum atomic E-state index is 12.6. The molecule has 2 aromatic heterocycles. The molecule has 0 spiro atoms. The molecule has 1 aliphatic rings. The molecule has 9 heteroatoms. The van der Waals surface area contributed by atoms with Crippen molar-refractivity contribution in [3.8, 4) is 5.75 Å². The van der Waals surface area contributed by atoms with Crippen LogP contribution in [0, 0.1) is 0 Å². The third kappa shape index (κ3) is 3.70. The molecule has 2 N–H and O–H groups in total. The fourth-order valence-electron chi connectivity index (χ4n) is 2.92. The second-order valence-electron chi connectivity index (χ2n) is 6.33. The highest BCUT2D eigenvalue weighted by atomic mass is 32.1. The smallest absolute Gasteiger partial charge is 0.291 e. The number of ether oxygens (including phenoxy) is 1. The Hall–Kier alpha value is -3.33. The summed E-state index contributed by atoms with van der Waals surface area (Å²) in [5.41, 5.74) is 1.08. The van der Waals surface area contributed by atoms with Crippen LogP contribution in [0.25, 0.3) is 0 Å². The van der Waals surface area contributed by atoms with Crippen LogP contribution < -0.4 is 15.0 Å². The monoisotopic (exact) mass is 394 g/mol. The third-order valence-electron chi connectivity index (χ3n) is 4.36. The van der Waals surface area contributed by atoms with Crippen molar-refractivity contribution >= 4 is 28.9 Å². The van der Waals surface area contributed by atoms with Crippen molar-refractivity contribution in [3.05, 3.63) is 65.9 Å². The van der Waals surface area contributed by atoms with Crippen molar-refractivity contribution < 1.29 is 9.53 Å². The Balaban J connectivity index is 1.45. The first-order valence-corrected chi connectivity index (χ1v) is 9.14. The second-order valence-corrected chi connectivity index (χ2v) is 6.75. The van der Waals surface area contributed by atoms with Gasteiger partial charge in [0.1, 0.15) is 23.5 Å². The number of hydrogen-bond acceptors (Lipinski definition) is 6. The Morgan fingerprint density at radius 3 is 2.96 bits per heavy atom. The largest absolute Gasteiger partial charge is 0.487 e. The van der Waals surface area contributed by atoms with Crippen LogP contribution in [0.5, 0.6) is 5.75 Å². The molecular weight excluding hydrogens is 376 g/mol. The van der Waals surface area contributed by atoms with Crippen LogP contribution in [0.4, 0.5) is 5.82 Å². The molecule has 1 aliphatic heterocycles. The molecule has 4 rings (SSSR count). The molecule has 3 heterocycles. The number of pyridine rings is 1. The van der Waals surface area contributed by atoms with Crippen molar-refractivity contribution in [2.24, 2.45) is 0 Å². The molecule has 28 heavy (non-hydrogen) atoms. The summed E-state index contributed by atoms with van der Waals surface area (Å²) >= 11 is 5.52. The predicted octanol–water partition coefficient (Wildman–Crippen LogP) is 1.75. The minimum Gasteiger partial charge on any atom is -0.487 e. The van der Waals surface area contributed by atoms with Crippen LogP contribution in [0.3, 0.4) is 0 Å². The quantitative estimate of drug-likeness (QED) is 0.651. The van der Waals surface area contributed by atoms with E-state index in [9.17, 15) is 4.79 Å². The fourth-order valence-corrected chi connectivity index (χ4v) is 3.13. The van der Waals surface area contributed by atoms with Crippen molar-refractivity contribution in [1.29, 1.82) is 0 Å². The van der Waals surface area contributed by atoms with Gasteiger partial charge in [0.15, 0.2) is 11.6 Å². The molecule has 0 saturated carbocycles. The van der Waals surface area contributed by atoms with E-state index in [0.717, 1.165) is 5.56 Å². The van der Waals surface area contributed by atoms with E-state index in [1.165, 1.54) is 0 Å². The number of nitrogens with one attached hydrogen (secondary N) is 2. The molecule has 142 valence electrons. The lowest BCUT2D eigenvalue weighted by Gasteiger charge is -2.22. The summed E-state index contributed by atoms with van der Waals surface area (Å²) in [6.07, 6.45) is 2.23. The molecule has 0 saturated heterocycles. The number of carbonyl (C=O) groups excluding carboxylic acids is 1. The number of rotatable bonds is 4. The maximum absolute atomic E-state index is 12.6. The Morgan fingerprint density at radius 2 is 2.14 bits per heavy atom. The fraction of sp³-hybridized carbons (Fsp3) is 0.211. The number of H-pyrrole nitrogens is 1. The number of benzene rings is 1. The van der Waals surface area contributed by atoms with E-state index in [4.69, 9.17) is 17.0 Å². The number of fused-ring (bicyclic) bond motifs is 1. The minimum absolute atomic E-state index is 0.0660. The second kappa shape index (κ2) is 7.73. The van der Waals surface area contributed by atoms with Gasteiger partial charge < -0.3 is 15.0 Å². The lowest BCUT2D eigenvalue weighted by molar-refractivity contribution is 0.0927. The maximum Gasteiger partial charge on any atom is 0.291 e. The van der Waals surface area contributed by atoms with Gasteiger partial charge in [-0.25, -0.2) is 9.97 Å². The molecule has 0 radical (unpaired) electrons. The van der Waals surface area contributed by atoms with Gasteiger partial charge in [-0.2, -0.15) is 0 Å². The van der Waals surface area contributed by atoms with Gasteiger partial charge in [0.25, 0.3) is 5.91 Å². The van der Waals surface area contributed by atoms with Crippen molar-refractivity contribution in [3.63, 3.8) is 0 Å². The van der Waals surface area contributed by atoms with Crippen molar-refractivity contribution in [2.45, 2.75) is 12.5 Å². The number of carbonyl (C=O) groups is 1. The summed E-state index contributed by atoms with van der Waals surface area (Å²) < 4.78 is 5.77. The van der Waals surface area contributed by atoms with Crippen molar-refractivity contribution in [1.82, 2.24) is 25.5 Å². The molecule has 1 amide bonds. The summed E-state index contributed by atoms with van der Waals surface area (Å²) in [5.74, 6) is 1.50. The predicted molar refractivity (Wildman–Crippen MR) is 108 cm³/mol. The van der Waals surface area contributed by atoms with E-state index in [1.807, 2.05) is 36.4 Å². The van der Waals surface area contributed by atoms with Crippen LogP contribution in [-0.2, 0) is 6.42 Å². The average Bonchev–Trinajstić information content (AvgIpc) is 3.15. The lowest BCUT2D eigenvalue weighted by atomic mass is 10.1. The summed E-state index contributed by atoms with van der Waals surface area (Å²) in [4.78, 5) is 23.4. The summed E-state index contributed by atoms with van der Waals surface area (Å²) in [6.45, 7) is 0.203. The van der Waals surface area contributed by atoms with Gasteiger partial charge >= 0.3 is 0 Å². The first-order chi connectivity index (χ1) is 13.6. The summed E-state index contributed by atoms with van der Waals surface area (Å²) in [7, 11) is 1.80. The summed E-state index contributed by atoms with van der Waals surface area (Å²) in [5, 5.41) is 9.69. The third-order valence-corrected chi connectivity index (χ3v) is 4.92. The number of hydrogen-bond donors (Lipinski definition) is 2. The van der Waals surface area contributed by atoms with Gasteiger partial charge in [-0.3, -0.25) is 9.89 Å². The van der Waals surface area contributed by atoms with Crippen molar-refractivity contribution in [2.75, 3.05) is 18.6 Å². The topological polar surface area (TPSA) is 96.0 Å². The molecule has 0 aliphatic carbocycles. The van der Waals surface area contributed by atoms with Crippen LogP contribution >= 0.6 is 12.2 Å². The lowest BCUT2D eigenvalue weighted by Crippen LogP contribution is -2.48. The SMILES string of the molecule is CN1C(=S)[C@H](NC(=O)c2n[nH]c(Cc3ccccc3)n2)COc2cccnc21. The van der Waals surface area contributed by atoms with Gasteiger partial charge in [-0.05, 0) is 17.7 Å². The Bertz CT molecular complexity index is 1010. The zero-order valence-corrected chi connectivity index (χ0v) is 15.9. The molecule has 0 unspecified atom stereocenters. The highest BCUT2D eigenvalue weighted by Gasteiger charge is 2.29. The minimum atomic E-state index is -0.502. The van der Waals surface area contributed by atoms with Crippen LogP contribution in [0.15, 0.2) is 48.7 Å². The molecular formula is C19H18N6O2S. The van der Waals surface area contributed by atoms with E-state index in [-0.39, 0.29) is 12.4 Å². The van der Waals surface area contributed by atoms with E-state index < -0.39 is 11.9 Å². The van der Waals surface area contributed by atoms with E-state index in [0.29, 0.717) is 28.8 Å². The van der Waals surface area contributed by atoms with E-state index in [1.54, 1.807) is 24.2 Å². The number of anilines is 1. The Kier molecular flexibility index (Phi) is 4.98. The molecule has 8 nitrogen and oxygen atoms in total. The van der Waals surface area contributed by atoms with Crippen LogP contribution in [0.2, 0.25) is 0 Å². The first-order valence-electron chi connectivity index (χ1n) is 8.73. The molecule has 0 fully saturated rings. The van der Waals surface area contributed by atoms with Crippen LogP contribution in [-0.4, -0.2) is 50.8 Å².